The highest BCUT2D eigenvalue weighted by molar-refractivity contribution is 7.09. The van der Waals surface area contributed by atoms with Gasteiger partial charge in [-0.3, -0.25) is 19.3 Å². The first kappa shape index (κ1) is 19.0. The first-order valence-electron chi connectivity index (χ1n) is 7.49. The lowest BCUT2D eigenvalue weighted by Crippen LogP contribution is -2.38. The lowest BCUT2D eigenvalue weighted by molar-refractivity contribution is 0.0650. The molecule has 3 amide bonds. The third kappa shape index (κ3) is 3.87. The van der Waals surface area contributed by atoms with Crippen LogP contribution in [0.5, 0.6) is 0 Å². The summed E-state index contributed by atoms with van der Waals surface area (Å²) < 4.78 is 0. The van der Waals surface area contributed by atoms with Crippen LogP contribution in [0.4, 0.5) is 0 Å². The van der Waals surface area contributed by atoms with Gasteiger partial charge in [-0.1, -0.05) is 12.1 Å². The van der Waals surface area contributed by atoms with Crippen LogP contribution in [-0.4, -0.2) is 47.2 Å². The fourth-order valence-corrected chi connectivity index (χ4v) is 3.26. The summed E-state index contributed by atoms with van der Waals surface area (Å²) in [5.41, 5.74) is 6.58. The van der Waals surface area contributed by atoms with Crippen LogP contribution >= 0.6 is 23.7 Å². The number of imide groups is 1. The molecule has 1 aromatic carbocycles. The quantitative estimate of drug-likeness (QED) is 0.730. The van der Waals surface area contributed by atoms with E-state index in [-0.39, 0.29) is 43.2 Å². The highest BCUT2D eigenvalue weighted by atomic mass is 35.5. The van der Waals surface area contributed by atoms with Crippen LogP contribution in [0.3, 0.4) is 0 Å². The Labute approximate surface area is 154 Å². The van der Waals surface area contributed by atoms with Crippen LogP contribution in [-0.2, 0) is 6.42 Å². The van der Waals surface area contributed by atoms with E-state index in [0.717, 1.165) is 9.91 Å². The van der Waals surface area contributed by atoms with Crippen LogP contribution in [0.15, 0.2) is 29.6 Å². The van der Waals surface area contributed by atoms with Crippen LogP contribution < -0.4 is 11.1 Å². The number of nitrogens with zero attached hydrogens (tertiary/aromatic N) is 2. The summed E-state index contributed by atoms with van der Waals surface area (Å²) in [5.74, 6) is -0.987. The summed E-state index contributed by atoms with van der Waals surface area (Å²) in [5, 5.41) is 5.15. The predicted molar refractivity (Wildman–Crippen MR) is 96.3 cm³/mol. The number of amides is 3. The van der Waals surface area contributed by atoms with E-state index in [1.54, 1.807) is 29.6 Å². The SMILES string of the molecule is Cl.NCCc1nc(C(=O)NCCN2C(=O)c3ccccc3C2=O)cs1. The number of thiazole rings is 1. The highest BCUT2D eigenvalue weighted by Crippen LogP contribution is 2.21. The van der Waals surface area contributed by atoms with Gasteiger partial charge in [0.2, 0.25) is 0 Å². The zero-order valence-electron chi connectivity index (χ0n) is 13.2. The molecule has 3 rings (SSSR count). The minimum Gasteiger partial charge on any atom is -0.349 e. The molecule has 3 N–H and O–H groups in total. The Balaban J connectivity index is 0.00000225. The molecule has 1 aliphatic rings. The third-order valence-electron chi connectivity index (χ3n) is 3.64. The van der Waals surface area contributed by atoms with Gasteiger partial charge in [-0.2, -0.15) is 0 Å². The Hall–Kier alpha value is -2.29. The standard InChI is InChI=1S/C16H16N4O3S.ClH/c17-6-5-13-19-12(9-24-13)14(21)18-7-8-20-15(22)10-3-1-2-4-11(10)16(20)23;/h1-4,9H,5-8,17H2,(H,18,21);1H. The van der Waals surface area contributed by atoms with Crippen molar-refractivity contribution in [1.29, 1.82) is 0 Å². The minimum absolute atomic E-state index is 0. The summed E-state index contributed by atoms with van der Waals surface area (Å²) in [6.45, 7) is 0.778. The molecule has 0 bridgehead atoms. The van der Waals surface area contributed by atoms with E-state index < -0.39 is 0 Å². The van der Waals surface area contributed by atoms with Gasteiger partial charge in [0.15, 0.2) is 0 Å². The molecule has 9 heteroatoms. The molecule has 0 unspecified atom stereocenters. The molecule has 1 aliphatic heterocycles. The van der Waals surface area contributed by atoms with Crippen LogP contribution in [0.2, 0.25) is 0 Å². The number of nitrogens with one attached hydrogen (secondary N) is 1. The number of nitrogens with two attached hydrogens (primary N) is 1. The maximum atomic E-state index is 12.2. The van der Waals surface area contributed by atoms with Gasteiger partial charge in [0.05, 0.1) is 16.1 Å². The number of benzene rings is 1. The van der Waals surface area contributed by atoms with Crippen molar-refractivity contribution in [3.8, 4) is 0 Å². The molecule has 25 heavy (non-hydrogen) atoms. The highest BCUT2D eigenvalue weighted by Gasteiger charge is 2.34. The van der Waals surface area contributed by atoms with E-state index in [2.05, 4.69) is 10.3 Å². The van der Waals surface area contributed by atoms with Crippen molar-refractivity contribution in [1.82, 2.24) is 15.2 Å². The number of aromatic nitrogens is 1. The van der Waals surface area contributed by atoms with Crippen molar-refractivity contribution >= 4 is 41.5 Å². The number of carbonyl (C=O) groups is 3. The fourth-order valence-electron chi connectivity index (χ4n) is 2.47. The van der Waals surface area contributed by atoms with E-state index in [9.17, 15) is 14.4 Å². The third-order valence-corrected chi connectivity index (χ3v) is 4.55. The fraction of sp³-hybridized carbons (Fsp3) is 0.250. The second-order valence-corrected chi connectivity index (χ2v) is 6.17. The van der Waals surface area contributed by atoms with Crippen molar-refractivity contribution in [2.45, 2.75) is 6.42 Å². The molecule has 0 radical (unpaired) electrons. The molecule has 132 valence electrons. The molecule has 0 spiro atoms. The van der Waals surface area contributed by atoms with Crippen LogP contribution in [0.25, 0.3) is 0 Å². The Morgan fingerprint density at radius 2 is 1.84 bits per heavy atom. The Bertz CT molecular complexity index is 773. The van der Waals surface area contributed by atoms with E-state index in [1.807, 2.05) is 0 Å². The molecule has 0 saturated carbocycles. The number of carbonyl (C=O) groups excluding carboxylic acids is 3. The average Bonchev–Trinajstić information content (AvgIpc) is 3.14. The van der Waals surface area contributed by atoms with Crippen molar-refractivity contribution in [2.75, 3.05) is 19.6 Å². The summed E-state index contributed by atoms with van der Waals surface area (Å²) >= 11 is 1.38. The maximum absolute atomic E-state index is 12.2. The number of hydrogen-bond donors (Lipinski definition) is 2. The number of hydrogen-bond acceptors (Lipinski definition) is 6. The smallest absolute Gasteiger partial charge is 0.270 e. The first-order valence-corrected chi connectivity index (χ1v) is 8.37. The summed E-state index contributed by atoms with van der Waals surface area (Å²) in [7, 11) is 0. The van der Waals surface area contributed by atoms with Crippen molar-refractivity contribution < 1.29 is 14.4 Å². The summed E-state index contributed by atoms with van der Waals surface area (Å²) in [4.78, 5) is 41.8. The van der Waals surface area contributed by atoms with Crippen molar-refractivity contribution in [3.05, 3.63) is 51.5 Å². The molecular formula is C16H17ClN4O3S. The van der Waals surface area contributed by atoms with Gasteiger partial charge in [0.25, 0.3) is 17.7 Å². The number of rotatable bonds is 6. The predicted octanol–water partition coefficient (Wildman–Crippen LogP) is 1.09. The van der Waals surface area contributed by atoms with E-state index >= 15 is 0 Å². The van der Waals surface area contributed by atoms with Crippen LogP contribution in [0, 0.1) is 0 Å². The van der Waals surface area contributed by atoms with E-state index in [4.69, 9.17) is 5.73 Å². The second kappa shape index (κ2) is 8.19. The largest absolute Gasteiger partial charge is 0.349 e. The topological polar surface area (TPSA) is 105 Å². The lowest BCUT2D eigenvalue weighted by atomic mass is 10.1. The van der Waals surface area contributed by atoms with Crippen LogP contribution in [0.1, 0.15) is 36.2 Å². The molecule has 0 saturated heterocycles. The molecule has 2 heterocycles. The molecule has 2 aromatic rings. The van der Waals surface area contributed by atoms with Gasteiger partial charge in [-0.25, -0.2) is 4.98 Å². The minimum atomic E-state index is -0.330. The van der Waals surface area contributed by atoms with Gasteiger partial charge in [-0.15, -0.1) is 23.7 Å². The molecule has 1 aromatic heterocycles. The van der Waals surface area contributed by atoms with Gasteiger partial charge >= 0.3 is 0 Å². The maximum Gasteiger partial charge on any atom is 0.270 e. The molecule has 0 fully saturated rings. The molecule has 0 atom stereocenters. The van der Waals surface area contributed by atoms with Crippen molar-refractivity contribution in [3.63, 3.8) is 0 Å². The average molecular weight is 381 g/mol. The van der Waals surface area contributed by atoms with E-state index in [0.29, 0.717) is 29.8 Å². The Kier molecular flexibility index (Phi) is 6.24. The second-order valence-electron chi connectivity index (χ2n) is 5.23. The molecule has 7 nitrogen and oxygen atoms in total. The normalized spacial score (nSPS) is 12.8. The monoisotopic (exact) mass is 380 g/mol. The van der Waals surface area contributed by atoms with Crippen molar-refractivity contribution in [2.24, 2.45) is 5.73 Å². The zero-order chi connectivity index (χ0) is 17.1. The number of halogens is 1. The summed E-state index contributed by atoms with van der Waals surface area (Å²) in [6.07, 6.45) is 0.632. The number of fused-ring (bicyclic) bond motifs is 1. The van der Waals surface area contributed by atoms with Gasteiger partial charge in [-0.05, 0) is 18.7 Å². The van der Waals surface area contributed by atoms with Gasteiger partial charge in [0.1, 0.15) is 5.69 Å². The van der Waals surface area contributed by atoms with Gasteiger partial charge in [0, 0.05) is 24.9 Å². The Morgan fingerprint density at radius 3 is 2.44 bits per heavy atom. The lowest BCUT2D eigenvalue weighted by Gasteiger charge is -2.13. The first-order chi connectivity index (χ1) is 11.6. The summed E-state index contributed by atoms with van der Waals surface area (Å²) in [6, 6.07) is 6.69. The van der Waals surface area contributed by atoms with Gasteiger partial charge < -0.3 is 11.1 Å². The molecule has 0 aliphatic carbocycles. The zero-order valence-corrected chi connectivity index (χ0v) is 14.9. The van der Waals surface area contributed by atoms with E-state index in [1.165, 1.54) is 11.3 Å². The Morgan fingerprint density at radius 1 is 1.20 bits per heavy atom. The molecular weight excluding hydrogens is 364 g/mol.